The Morgan fingerprint density at radius 3 is 2.56 bits per heavy atom. The molecule has 1 rings (SSSR count). The number of allylic oxidation sites excluding steroid dienone is 1. The summed E-state index contributed by atoms with van der Waals surface area (Å²) in [6.07, 6.45) is 6.19. The van der Waals surface area contributed by atoms with Crippen molar-refractivity contribution in [1.29, 1.82) is 0 Å². The molecule has 0 atom stereocenters. The van der Waals surface area contributed by atoms with Crippen LogP contribution < -0.4 is 0 Å². The van der Waals surface area contributed by atoms with Crippen LogP contribution >= 0.6 is 0 Å². The minimum atomic E-state index is -1.19. The van der Waals surface area contributed by atoms with Crippen LogP contribution in [0, 0.1) is 0 Å². The fraction of sp³-hybridized carbons (Fsp3) is 0.550. The van der Waals surface area contributed by atoms with Crippen LogP contribution in [0.4, 0.5) is 0 Å². The number of unbranched alkanes of at least 4 members (excludes halogenated alkanes) is 1. The van der Waals surface area contributed by atoms with Gasteiger partial charge >= 0.3 is 5.97 Å². The van der Waals surface area contributed by atoms with Crippen LogP contribution in [0.1, 0.15) is 25.3 Å². The van der Waals surface area contributed by atoms with E-state index >= 15 is 0 Å². The molecule has 0 heterocycles. The highest BCUT2D eigenvalue weighted by Crippen LogP contribution is 2.10. The maximum atomic E-state index is 11.2. The van der Waals surface area contributed by atoms with Gasteiger partial charge in [-0.1, -0.05) is 56.0 Å². The fourth-order valence-electron chi connectivity index (χ4n) is 2.53. The zero-order valence-corrected chi connectivity index (χ0v) is 17.2. The molecule has 0 radical (unpaired) electrons. The van der Waals surface area contributed by atoms with Gasteiger partial charge in [-0.25, -0.2) is 4.79 Å². The monoisotopic (exact) mass is 363 g/mol. The lowest BCUT2D eigenvalue weighted by Gasteiger charge is -2.28. The van der Waals surface area contributed by atoms with Gasteiger partial charge in [-0.05, 0) is 31.5 Å². The topological polar surface area (TPSA) is 38.8 Å². The second kappa shape index (κ2) is 12.0. The van der Waals surface area contributed by atoms with Crippen LogP contribution in [-0.4, -0.2) is 45.1 Å². The molecule has 140 valence electrons. The molecule has 4 nitrogen and oxygen atoms in total. The molecule has 0 aromatic heterocycles. The molecule has 0 N–H and O–H groups in total. The number of carbonyl (C=O) groups is 1. The number of benzene rings is 1. The molecule has 0 aliphatic rings. The third-order valence-corrected chi connectivity index (χ3v) is 4.82. The van der Waals surface area contributed by atoms with Gasteiger partial charge in [0, 0.05) is 19.2 Å². The smallest absolute Gasteiger partial charge is 0.330 e. The standard InChI is InChI=1S/C20H33NO3Si/c1-5-24-20(22)14-10-7-11-15-23-17-21(18-25(2,3)4)16-19-12-8-6-9-13-19/h6,8-10,12-14H,5,7,11,15-18H2,1-4H3/b14-10+. The quantitative estimate of drug-likeness (QED) is 0.183. The number of carbonyl (C=O) groups excluding carboxylic acids is 1. The van der Waals surface area contributed by atoms with Gasteiger partial charge in [0.25, 0.3) is 0 Å². The van der Waals surface area contributed by atoms with Gasteiger partial charge in [0.15, 0.2) is 0 Å². The van der Waals surface area contributed by atoms with Crippen LogP contribution in [-0.2, 0) is 20.8 Å². The first-order valence-electron chi connectivity index (χ1n) is 9.08. The molecule has 0 aliphatic heterocycles. The first-order chi connectivity index (χ1) is 11.9. The Hall–Kier alpha value is -1.43. The molecule has 1 aromatic rings. The Morgan fingerprint density at radius 2 is 1.92 bits per heavy atom. The number of hydrogen-bond donors (Lipinski definition) is 0. The van der Waals surface area contributed by atoms with Crippen molar-refractivity contribution in [3.8, 4) is 0 Å². The predicted molar refractivity (Wildman–Crippen MR) is 106 cm³/mol. The van der Waals surface area contributed by atoms with E-state index in [9.17, 15) is 4.79 Å². The van der Waals surface area contributed by atoms with Crippen molar-refractivity contribution < 1.29 is 14.3 Å². The summed E-state index contributed by atoms with van der Waals surface area (Å²) >= 11 is 0. The second-order valence-corrected chi connectivity index (χ2v) is 12.8. The molecule has 0 unspecified atom stereocenters. The largest absolute Gasteiger partial charge is 0.463 e. The van der Waals surface area contributed by atoms with E-state index < -0.39 is 8.07 Å². The molecular formula is C20H33NO3Si. The number of nitrogens with zero attached hydrogens (tertiary/aromatic N) is 1. The highest BCUT2D eigenvalue weighted by atomic mass is 28.3. The molecule has 0 amide bonds. The summed E-state index contributed by atoms with van der Waals surface area (Å²) in [5.74, 6) is -0.271. The number of hydrogen-bond acceptors (Lipinski definition) is 4. The number of rotatable bonds is 12. The van der Waals surface area contributed by atoms with Gasteiger partial charge in [-0.15, -0.1) is 0 Å². The van der Waals surface area contributed by atoms with Crippen molar-refractivity contribution in [3.05, 3.63) is 48.0 Å². The van der Waals surface area contributed by atoms with Crippen molar-refractivity contribution in [2.45, 2.75) is 46.0 Å². The van der Waals surface area contributed by atoms with Crippen molar-refractivity contribution in [2.24, 2.45) is 0 Å². The van der Waals surface area contributed by atoms with E-state index in [1.807, 2.05) is 12.1 Å². The van der Waals surface area contributed by atoms with Gasteiger partial charge in [0.05, 0.1) is 21.4 Å². The first-order valence-corrected chi connectivity index (χ1v) is 12.8. The van der Waals surface area contributed by atoms with Crippen molar-refractivity contribution in [3.63, 3.8) is 0 Å². The normalized spacial score (nSPS) is 12.0. The van der Waals surface area contributed by atoms with Crippen molar-refractivity contribution >= 4 is 14.0 Å². The lowest BCUT2D eigenvalue weighted by molar-refractivity contribution is -0.137. The van der Waals surface area contributed by atoms with E-state index in [0.29, 0.717) is 19.9 Å². The van der Waals surface area contributed by atoms with Crippen molar-refractivity contribution in [1.82, 2.24) is 4.90 Å². The van der Waals surface area contributed by atoms with Crippen LogP contribution in [0.2, 0.25) is 19.6 Å². The van der Waals surface area contributed by atoms with Crippen LogP contribution in [0.3, 0.4) is 0 Å². The third-order valence-electron chi connectivity index (χ3n) is 3.42. The molecule has 0 bridgehead atoms. The van der Waals surface area contributed by atoms with Gasteiger partial charge < -0.3 is 9.47 Å². The maximum absolute atomic E-state index is 11.2. The number of ether oxygens (including phenoxy) is 2. The molecule has 0 aliphatic carbocycles. The van der Waals surface area contributed by atoms with E-state index in [2.05, 4.69) is 48.8 Å². The van der Waals surface area contributed by atoms with E-state index in [-0.39, 0.29) is 5.97 Å². The summed E-state index contributed by atoms with van der Waals surface area (Å²) in [6.45, 7) is 11.6. The average Bonchev–Trinajstić information content (AvgIpc) is 2.53. The molecule has 5 heteroatoms. The van der Waals surface area contributed by atoms with Gasteiger partial charge in [-0.2, -0.15) is 0 Å². The Balaban J connectivity index is 2.31. The molecule has 0 spiro atoms. The minimum Gasteiger partial charge on any atom is -0.463 e. The second-order valence-electron chi connectivity index (χ2n) is 7.37. The summed E-state index contributed by atoms with van der Waals surface area (Å²) in [5, 5.41) is 0. The highest BCUT2D eigenvalue weighted by molar-refractivity contribution is 6.76. The Kier molecular flexibility index (Phi) is 10.4. The zero-order valence-electron chi connectivity index (χ0n) is 16.2. The van der Waals surface area contributed by atoms with Gasteiger partial charge in [-0.3, -0.25) is 4.90 Å². The molecule has 0 fully saturated rings. The molecule has 0 saturated heterocycles. The number of esters is 1. The van der Waals surface area contributed by atoms with E-state index in [4.69, 9.17) is 9.47 Å². The van der Waals surface area contributed by atoms with Gasteiger partial charge in [0.2, 0.25) is 0 Å². The van der Waals surface area contributed by atoms with Crippen LogP contribution in [0.15, 0.2) is 42.5 Å². The molecule has 1 aromatic carbocycles. The van der Waals surface area contributed by atoms with Gasteiger partial charge in [0.1, 0.15) is 0 Å². The lowest BCUT2D eigenvalue weighted by atomic mass is 10.2. The molecular weight excluding hydrogens is 330 g/mol. The third kappa shape index (κ3) is 11.7. The average molecular weight is 364 g/mol. The molecule has 25 heavy (non-hydrogen) atoms. The summed E-state index contributed by atoms with van der Waals surface area (Å²) in [5.41, 5.74) is 1.32. The minimum absolute atomic E-state index is 0.271. The SMILES string of the molecule is CCOC(=O)/C=C/CCCOCN(Cc1ccccc1)C[Si](C)(C)C. The predicted octanol–water partition coefficient (Wildman–Crippen LogP) is 4.24. The first kappa shape index (κ1) is 21.6. The maximum Gasteiger partial charge on any atom is 0.330 e. The Bertz CT molecular complexity index is 511. The Labute approximate surface area is 153 Å². The van der Waals surface area contributed by atoms with Crippen LogP contribution in [0.5, 0.6) is 0 Å². The summed E-state index contributed by atoms with van der Waals surface area (Å²) < 4.78 is 10.7. The summed E-state index contributed by atoms with van der Waals surface area (Å²) in [7, 11) is -1.19. The Morgan fingerprint density at radius 1 is 1.20 bits per heavy atom. The van der Waals surface area contributed by atoms with E-state index in [1.54, 1.807) is 6.92 Å². The van der Waals surface area contributed by atoms with E-state index in [0.717, 1.165) is 25.6 Å². The summed E-state index contributed by atoms with van der Waals surface area (Å²) in [6, 6.07) is 10.5. The summed E-state index contributed by atoms with van der Waals surface area (Å²) in [4.78, 5) is 13.6. The molecule has 0 saturated carbocycles. The van der Waals surface area contributed by atoms with Crippen molar-refractivity contribution in [2.75, 3.05) is 26.1 Å². The fourth-order valence-corrected chi connectivity index (χ4v) is 4.07. The highest BCUT2D eigenvalue weighted by Gasteiger charge is 2.18. The van der Waals surface area contributed by atoms with E-state index in [1.165, 1.54) is 11.6 Å². The lowest BCUT2D eigenvalue weighted by Crippen LogP contribution is -2.41. The van der Waals surface area contributed by atoms with Crippen LogP contribution in [0.25, 0.3) is 0 Å². The zero-order chi connectivity index (χ0) is 18.5.